The Kier molecular flexibility index (Phi) is 5.62. The first-order valence-electron chi connectivity index (χ1n) is 8.18. The molecule has 0 aliphatic rings. The van der Waals surface area contributed by atoms with Crippen molar-refractivity contribution in [3.8, 4) is 11.4 Å². The average Bonchev–Trinajstić information content (AvgIpc) is 2.98. The van der Waals surface area contributed by atoms with Gasteiger partial charge in [0.1, 0.15) is 5.82 Å². The maximum atomic E-state index is 12.1. The van der Waals surface area contributed by atoms with Crippen molar-refractivity contribution in [1.82, 2.24) is 14.9 Å². The second-order valence-corrected chi connectivity index (χ2v) is 6.42. The number of hydrogen-bond acceptors (Lipinski definition) is 3. The number of benzene rings is 1. The number of urea groups is 1. The number of aryl methyl sites for hydroxylation is 1. The lowest BCUT2D eigenvalue weighted by Gasteiger charge is -2.29. The molecule has 0 saturated heterocycles. The maximum Gasteiger partial charge on any atom is 0.319 e. The van der Waals surface area contributed by atoms with Gasteiger partial charge in [-0.1, -0.05) is 32.4 Å². The Morgan fingerprint density at radius 1 is 1.46 bits per heavy atom. The van der Waals surface area contributed by atoms with Crippen molar-refractivity contribution in [1.29, 1.82) is 0 Å². The van der Waals surface area contributed by atoms with Crippen molar-refractivity contribution in [3.63, 3.8) is 0 Å². The van der Waals surface area contributed by atoms with Crippen LogP contribution in [0, 0.1) is 5.92 Å². The lowest BCUT2D eigenvalue weighted by Crippen LogP contribution is -2.46. The molecule has 2 atom stereocenters. The molecule has 2 amide bonds. The van der Waals surface area contributed by atoms with E-state index in [0.29, 0.717) is 5.69 Å². The molecule has 0 aliphatic heterocycles. The van der Waals surface area contributed by atoms with Crippen molar-refractivity contribution in [2.45, 2.75) is 32.8 Å². The highest BCUT2D eigenvalue weighted by molar-refractivity contribution is 5.90. The fourth-order valence-electron chi connectivity index (χ4n) is 2.43. The van der Waals surface area contributed by atoms with Crippen molar-refractivity contribution >= 4 is 11.7 Å². The van der Waals surface area contributed by atoms with Crippen LogP contribution < -0.4 is 10.6 Å². The Balaban J connectivity index is 1.99. The predicted molar refractivity (Wildman–Crippen MR) is 95.7 cm³/mol. The number of hydrogen-bond donors (Lipinski definition) is 3. The van der Waals surface area contributed by atoms with Crippen LogP contribution >= 0.6 is 0 Å². The molecule has 2 rings (SSSR count). The molecule has 0 saturated carbocycles. The Labute approximate surface area is 142 Å². The molecule has 6 heteroatoms. The van der Waals surface area contributed by atoms with E-state index in [-0.39, 0.29) is 18.5 Å². The van der Waals surface area contributed by atoms with Crippen LogP contribution in [0.25, 0.3) is 11.4 Å². The third kappa shape index (κ3) is 4.35. The Morgan fingerprint density at radius 3 is 2.83 bits per heavy atom. The molecule has 0 fully saturated rings. The zero-order valence-corrected chi connectivity index (χ0v) is 14.7. The van der Waals surface area contributed by atoms with Crippen molar-refractivity contribution < 1.29 is 9.90 Å². The van der Waals surface area contributed by atoms with E-state index < -0.39 is 5.60 Å². The molecule has 0 spiro atoms. The number of nitrogens with zero attached hydrogens (tertiary/aromatic N) is 2. The lowest BCUT2D eigenvalue weighted by molar-refractivity contribution is 0.00827. The van der Waals surface area contributed by atoms with E-state index in [2.05, 4.69) is 15.6 Å². The SMILES string of the molecule is CCC(C)C(C)(O)CNC(=O)Nc1cccc(-c2nccn2C)c1. The third-order valence-corrected chi connectivity index (χ3v) is 4.48. The van der Waals surface area contributed by atoms with Gasteiger partial charge < -0.3 is 20.3 Å². The van der Waals surface area contributed by atoms with Crippen LogP contribution in [0.1, 0.15) is 27.2 Å². The van der Waals surface area contributed by atoms with Crippen molar-refractivity contribution in [2.75, 3.05) is 11.9 Å². The maximum absolute atomic E-state index is 12.1. The summed E-state index contributed by atoms with van der Waals surface area (Å²) in [7, 11) is 1.92. The zero-order chi connectivity index (χ0) is 17.7. The number of nitrogens with one attached hydrogen (secondary N) is 2. The quantitative estimate of drug-likeness (QED) is 0.762. The molecule has 24 heavy (non-hydrogen) atoms. The van der Waals surface area contributed by atoms with E-state index >= 15 is 0 Å². The van der Waals surface area contributed by atoms with Crippen LogP contribution in [0.3, 0.4) is 0 Å². The van der Waals surface area contributed by atoms with Crippen LogP contribution in [0.5, 0.6) is 0 Å². The van der Waals surface area contributed by atoms with E-state index in [9.17, 15) is 9.90 Å². The molecule has 0 radical (unpaired) electrons. The Bertz CT molecular complexity index is 694. The summed E-state index contributed by atoms with van der Waals surface area (Å²) >= 11 is 0. The smallest absolute Gasteiger partial charge is 0.319 e. The van der Waals surface area contributed by atoms with E-state index in [0.717, 1.165) is 17.8 Å². The summed E-state index contributed by atoms with van der Waals surface area (Å²) < 4.78 is 1.92. The summed E-state index contributed by atoms with van der Waals surface area (Å²) in [6.07, 6.45) is 4.46. The largest absolute Gasteiger partial charge is 0.388 e. The van der Waals surface area contributed by atoms with Gasteiger partial charge in [-0.3, -0.25) is 0 Å². The summed E-state index contributed by atoms with van der Waals surface area (Å²) in [6, 6.07) is 7.16. The third-order valence-electron chi connectivity index (χ3n) is 4.48. The molecule has 0 bridgehead atoms. The Morgan fingerprint density at radius 2 is 2.21 bits per heavy atom. The van der Waals surface area contributed by atoms with E-state index in [1.807, 2.05) is 55.9 Å². The number of aliphatic hydroxyl groups is 1. The number of aromatic nitrogens is 2. The topological polar surface area (TPSA) is 79.2 Å². The summed E-state index contributed by atoms with van der Waals surface area (Å²) in [6.45, 7) is 5.92. The molecule has 2 aromatic rings. The zero-order valence-electron chi connectivity index (χ0n) is 14.7. The summed E-state index contributed by atoms with van der Waals surface area (Å²) in [5, 5.41) is 15.9. The van der Waals surface area contributed by atoms with Gasteiger partial charge in [0.2, 0.25) is 0 Å². The fraction of sp³-hybridized carbons (Fsp3) is 0.444. The molecular weight excluding hydrogens is 304 g/mol. The van der Waals surface area contributed by atoms with Crippen LogP contribution in [0.4, 0.5) is 10.5 Å². The first kappa shape index (κ1) is 18.0. The molecule has 1 aromatic carbocycles. The number of carbonyl (C=O) groups excluding carboxylic acids is 1. The number of anilines is 1. The van der Waals surface area contributed by atoms with E-state index in [4.69, 9.17) is 0 Å². The highest BCUT2D eigenvalue weighted by Gasteiger charge is 2.27. The highest BCUT2D eigenvalue weighted by Crippen LogP contribution is 2.21. The van der Waals surface area contributed by atoms with Gasteiger partial charge in [0.05, 0.1) is 5.60 Å². The molecule has 6 nitrogen and oxygen atoms in total. The molecular formula is C18H26N4O2. The lowest BCUT2D eigenvalue weighted by atomic mass is 9.89. The van der Waals surface area contributed by atoms with Gasteiger partial charge in [0.15, 0.2) is 0 Å². The molecule has 0 aliphatic carbocycles. The van der Waals surface area contributed by atoms with Crippen LogP contribution in [0.15, 0.2) is 36.7 Å². The second-order valence-electron chi connectivity index (χ2n) is 6.42. The summed E-state index contributed by atoms with van der Waals surface area (Å²) in [4.78, 5) is 16.4. The number of amides is 2. The molecule has 2 unspecified atom stereocenters. The Hall–Kier alpha value is -2.34. The number of imidazole rings is 1. The van der Waals surface area contributed by atoms with Crippen LogP contribution in [-0.2, 0) is 7.05 Å². The molecule has 1 heterocycles. The first-order valence-corrected chi connectivity index (χ1v) is 8.18. The summed E-state index contributed by atoms with van der Waals surface area (Å²) in [5.41, 5.74) is 0.670. The standard InChI is InChI=1S/C18H26N4O2/c1-5-13(2)18(3,24)12-20-17(23)21-15-8-6-7-14(11-15)16-19-9-10-22(16)4/h6-11,13,24H,5,12H2,1-4H3,(H2,20,21,23). The number of carbonyl (C=O) groups is 1. The monoisotopic (exact) mass is 330 g/mol. The van der Waals surface area contributed by atoms with E-state index in [1.54, 1.807) is 13.1 Å². The minimum absolute atomic E-state index is 0.101. The van der Waals surface area contributed by atoms with Gasteiger partial charge in [0.25, 0.3) is 0 Å². The molecule has 3 N–H and O–H groups in total. The van der Waals surface area contributed by atoms with Crippen LogP contribution in [0.2, 0.25) is 0 Å². The van der Waals surface area contributed by atoms with Crippen molar-refractivity contribution in [3.05, 3.63) is 36.7 Å². The fourth-order valence-corrected chi connectivity index (χ4v) is 2.43. The van der Waals surface area contributed by atoms with E-state index in [1.165, 1.54) is 0 Å². The highest BCUT2D eigenvalue weighted by atomic mass is 16.3. The van der Waals surface area contributed by atoms with Gasteiger partial charge in [-0.15, -0.1) is 0 Å². The minimum atomic E-state index is -0.930. The van der Waals surface area contributed by atoms with Crippen molar-refractivity contribution in [2.24, 2.45) is 13.0 Å². The average molecular weight is 330 g/mol. The van der Waals surface area contributed by atoms with Gasteiger partial charge >= 0.3 is 6.03 Å². The normalized spacial score (nSPS) is 14.7. The first-order chi connectivity index (χ1) is 11.3. The molecule has 130 valence electrons. The van der Waals surface area contributed by atoms with Gasteiger partial charge in [-0.05, 0) is 25.0 Å². The van der Waals surface area contributed by atoms with Gasteiger partial charge in [-0.25, -0.2) is 9.78 Å². The summed E-state index contributed by atoms with van der Waals surface area (Å²) in [5.74, 6) is 0.934. The molecule has 1 aromatic heterocycles. The van der Waals surface area contributed by atoms with Gasteiger partial charge in [-0.2, -0.15) is 0 Å². The number of rotatable bonds is 6. The van der Waals surface area contributed by atoms with Crippen LogP contribution in [-0.4, -0.2) is 32.8 Å². The minimum Gasteiger partial charge on any atom is -0.388 e. The second kappa shape index (κ2) is 7.49. The van der Waals surface area contributed by atoms with Gasteiger partial charge in [0, 0.05) is 37.2 Å². The predicted octanol–water partition coefficient (Wildman–Crippen LogP) is 3.01.